The molecular weight excluding hydrogens is 320 g/mol. The Balaban J connectivity index is 1.67. The molecule has 2 aromatic carbocycles. The average Bonchev–Trinajstić information content (AvgIpc) is 2.99. The minimum absolute atomic E-state index is 0.0758. The fourth-order valence-electron chi connectivity index (χ4n) is 2.86. The predicted molar refractivity (Wildman–Crippen MR) is 98.2 cm³/mol. The van der Waals surface area contributed by atoms with Crippen molar-refractivity contribution in [1.29, 1.82) is 0 Å². The van der Waals surface area contributed by atoms with Crippen molar-refractivity contribution in [1.82, 2.24) is 4.90 Å². The third-order valence-corrected chi connectivity index (χ3v) is 5.45. The Morgan fingerprint density at radius 3 is 2.38 bits per heavy atom. The van der Waals surface area contributed by atoms with Gasteiger partial charge in [0.15, 0.2) is 0 Å². The summed E-state index contributed by atoms with van der Waals surface area (Å²) < 4.78 is 12.2. The molecule has 0 fully saturated rings. The van der Waals surface area contributed by atoms with Gasteiger partial charge in [-0.25, -0.2) is 0 Å². The van der Waals surface area contributed by atoms with E-state index in [0.717, 1.165) is 24.3 Å². The van der Waals surface area contributed by atoms with E-state index in [-0.39, 0.29) is 11.7 Å². The molecule has 126 valence electrons. The number of carbonyl (C=O) groups excluding carboxylic acids is 1. The van der Waals surface area contributed by atoms with Crippen LogP contribution in [0.4, 0.5) is 5.69 Å². The van der Waals surface area contributed by atoms with E-state index in [4.69, 9.17) is 0 Å². The average molecular weight is 342 g/mol. The van der Waals surface area contributed by atoms with Crippen LogP contribution in [0.1, 0.15) is 16.7 Å². The number of hydrogen-bond donors (Lipinski definition) is 0. The minimum atomic E-state index is -1.18. The first kappa shape index (κ1) is 16.7. The van der Waals surface area contributed by atoms with Crippen molar-refractivity contribution in [2.45, 2.75) is 18.8 Å². The monoisotopic (exact) mass is 342 g/mol. The van der Waals surface area contributed by atoms with Crippen LogP contribution < -0.4 is 4.90 Å². The quantitative estimate of drug-likeness (QED) is 0.838. The van der Waals surface area contributed by atoms with Gasteiger partial charge in [0.25, 0.3) is 0 Å². The molecule has 2 aromatic rings. The first-order chi connectivity index (χ1) is 11.5. The van der Waals surface area contributed by atoms with Gasteiger partial charge in [-0.3, -0.25) is 9.00 Å². The summed E-state index contributed by atoms with van der Waals surface area (Å²) in [5, 5.41) is 0. The van der Waals surface area contributed by atoms with Crippen LogP contribution in [0.2, 0.25) is 0 Å². The van der Waals surface area contributed by atoms with Crippen LogP contribution in [0.5, 0.6) is 0 Å². The molecule has 0 N–H and O–H groups in total. The van der Waals surface area contributed by atoms with Crippen LogP contribution in [0, 0.1) is 0 Å². The van der Waals surface area contributed by atoms with Gasteiger partial charge in [0.05, 0.1) is 0 Å². The molecule has 5 heteroatoms. The van der Waals surface area contributed by atoms with Gasteiger partial charge >= 0.3 is 0 Å². The number of rotatable bonds is 5. The third kappa shape index (κ3) is 3.85. The zero-order valence-electron chi connectivity index (χ0n) is 14.1. The Morgan fingerprint density at radius 1 is 1.08 bits per heavy atom. The molecule has 0 aromatic heterocycles. The molecule has 0 radical (unpaired) electrons. The van der Waals surface area contributed by atoms with Gasteiger partial charge in [0.2, 0.25) is 5.91 Å². The molecule has 0 saturated carbocycles. The lowest BCUT2D eigenvalue weighted by Gasteiger charge is -2.18. The maximum Gasteiger partial charge on any atom is 0.234 e. The topological polar surface area (TPSA) is 40.6 Å². The molecule has 0 aliphatic carbocycles. The summed E-state index contributed by atoms with van der Waals surface area (Å²) in [4.78, 5) is 15.5. The molecule has 1 aliphatic heterocycles. The Morgan fingerprint density at radius 2 is 1.75 bits per heavy atom. The van der Waals surface area contributed by atoms with E-state index in [1.807, 2.05) is 12.1 Å². The normalized spacial score (nSPS) is 14.3. The van der Waals surface area contributed by atoms with E-state index in [9.17, 15) is 9.00 Å². The first-order valence-electron chi connectivity index (χ1n) is 7.99. The van der Waals surface area contributed by atoms with E-state index >= 15 is 0 Å². The molecule has 0 bridgehead atoms. The second-order valence-electron chi connectivity index (χ2n) is 6.31. The molecule has 1 aliphatic rings. The van der Waals surface area contributed by atoms with Gasteiger partial charge in [-0.1, -0.05) is 36.4 Å². The van der Waals surface area contributed by atoms with Crippen LogP contribution in [0.3, 0.4) is 0 Å². The molecule has 1 atom stereocenters. The number of fused-ring (bicyclic) bond motifs is 1. The predicted octanol–water partition coefficient (Wildman–Crippen LogP) is 2.54. The number of amides is 1. The lowest BCUT2D eigenvalue weighted by Crippen LogP contribution is -2.27. The summed E-state index contributed by atoms with van der Waals surface area (Å²) in [7, 11) is 2.19. The van der Waals surface area contributed by atoms with Gasteiger partial charge < -0.3 is 9.80 Å². The standard InChI is InChI=1S/C19H22N2O2S/c1-20(2)19(22)14-24(23)13-15-6-5-9-18(10-15)21-11-16-7-3-4-8-17(16)12-21/h3-10H,11-14H2,1-2H3. The smallest absolute Gasteiger partial charge is 0.234 e. The minimum Gasteiger partial charge on any atom is -0.363 e. The number of anilines is 1. The molecule has 3 rings (SSSR count). The maximum absolute atomic E-state index is 12.2. The van der Waals surface area contributed by atoms with Crippen molar-refractivity contribution >= 4 is 22.4 Å². The van der Waals surface area contributed by atoms with Gasteiger partial charge in [0, 0.05) is 49.4 Å². The van der Waals surface area contributed by atoms with Crippen molar-refractivity contribution in [3.05, 3.63) is 65.2 Å². The summed E-state index contributed by atoms with van der Waals surface area (Å²) in [6.45, 7) is 1.81. The SMILES string of the molecule is CN(C)C(=O)CS(=O)Cc1cccc(N2Cc3ccccc3C2)c1. The van der Waals surface area contributed by atoms with Crippen molar-refractivity contribution in [2.24, 2.45) is 0 Å². The van der Waals surface area contributed by atoms with Crippen molar-refractivity contribution < 1.29 is 9.00 Å². The van der Waals surface area contributed by atoms with Crippen molar-refractivity contribution in [2.75, 3.05) is 24.7 Å². The van der Waals surface area contributed by atoms with Crippen LogP contribution >= 0.6 is 0 Å². The lowest BCUT2D eigenvalue weighted by atomic mass is 10.1. The Bertz CT molecular complexity index is 748. The van der Waals surface area contributed by atoms with E-state index in [0.29, 0.717) is 5.75 Å². The summed E-state index contributed by atoms with van der Waals surface area (Å²) >= 11 is 0. The largest absolute Gasteiger partial charge is 0.363 e. The second kappa shape index (κ2) is 7.18. The Kier molecular flexibility index (Phi) is 5.00. The molecular formula is C19H22N2O2S. The molecule has 0 spiro atoms. The van der Waals surface area contributed by atoms with E-state index in [1.165, 1.54) is 16.0 Å². The van der Waals surface area contributed by atoms with Gasteiger partial charge in [-0.2, -0.15) is 0 Å². The highest BCUT2D eigenvalue weighted by Crippen LogP contribution is 2.28. The lowest BCUT2D eigenvalue weighted by molar-refractivity contribution is -0.125. The molecule has 1 heterocycles. The van der Waals surface area contributed by atoms with Crippen LogP contribution in [0.25, 0.3) is 0 Å². The number of nitrogens with zero attached hydrogens (tertiary/aromatic N) is 2. The van der Waals surface area contributed by atoms with Gasteiger partial charge in [-0.05, 0) is 28.8 Å². The number of benzene rings is 2. The second-order valence-corrected chi connectivity index (χ2v) is 7.77. The molecule has 24 heavy (non-hydrogen) atoms. The van der Waals surface area contributed by atoms with E-state index < -0.39 is 10.8 Å². The fourth-order valence-corrected chi connectivity index (χ4v) is 4.05. The molecule has 1 unspecified atom stereocenters. The Labute approximate surface area is 145 Å². The zero-order valence-corrected chi connectivity index (χ0v) is 14.9. The van der Waals surface area contributed by atoms with Crippen LogP contribution in [-0.2, 0) is 34.4 Å². The highest BCUT2D eigenvalue weighted by molar-refractivity contribution is 7.84. The number of carbonyl (C=O) groups is 1. The first-order valence-corrected chi connectivity index (χ1v) is 9.47. The summed E-state index contributed by atoms with van der Waals surface area (Å²) in [5.41, 5.74) is 4.87. The summed E-state index contributed by atoms with van der Waals surface area (Å²) in [5.74, 6) is 0.389. The van der Waals surface area contributed by atoms with Crippen LogP contribution in [0.15, 0.2) is 48.5 Å². The maximum atomic E-state index is 12.2. The van der Waals surface area contributed by atoms with E-state index in [1.54, 1.807) is 14.1 Å². The van der Waals surface area contributed by atoms with E-state index in [2.05, 4.69) is 41.3 Å². The van der Waals surface area contributed by atoms with Crippen LogP contribution in [-0.4, -0.2) is 34.9 Å². The third-order valence-electron chi connectivity index (χ3n) is 4.23. The van der Waals surface area contributed by atoms with Gasteiger partial charge in [-0.15, -0.1) is 0 Å². The molecule has 4 nitrogen and oxygen atoms in total. The summed E-state index contributed by atoms with van der Waals surface area (Å²) in [6.07, 6.45) is 0. The summed E-state index contributed by atoms with van der Waals surface area (Å²) in [6, 6.07) is 16.6. The number of hydrogen-bond acceptors (Lipinski definition) is 3. The molecule has 1 amide bonds. The van der Waals surface area contributed by atoms with Crippen molar-refractivity contribution in [3.63, 3.8) is 0 Å². The Hall–Kier alpha value is -2.14. The molecule has 0 saturated heterocycles. The zero-order chi connectivity index (χ0) is 17.1. The van der Waals surface area contributed by atoms with Crippen molar-refractivity contribution in [3.8, 4) is 0 Å². The highest BCUT2D eigenvalue weighted by atomic mass is 32.2. The van der Waals surface area contributed by atoms with Gasteiger partial charge in [0.1, 0.15) is 5.75 Å². The highest BCUT2D eigenvalue weighted by Gasteiger charge is 2.19. The fraction of sp³-hybridized carbons (Fsp3) is 0.316.